The number of likely N-dealkylation sites (tertiary alicyclic amines) is 1. The molecule has 0 saturated carbocycles. The first-order chi connectivity index (χ1) is 10.2. The second-order valence-corrected chi connectivity index (χ2v) is 6.31. The lowest BCUT2D eigenvalue weighted by atomic mass is 10.1. The fourth-order valence-electron chi connectivity index (χ4n) is 2.94. The summed E-state index contributed by atoms with van der Waals surface area (Å²) in [6.45, 7) is 3.95. The van der Waals surface area contributed by atoms with Crippen molar-refractivity contribution >= 4 is 15.9 Å². The van der Waals surface area contributed by atoms with Crippen molar-refractivity contribution in [3.63, 3.8) is 0 Å². The van der Waals surface area contributed by atoms with E-state index in [0.717, 1.165) is 41.2 Å². The lowest BCUT2D eigenvalue weighted by molar-refractivity contribution is 0.236. The molecular weight excluding hydrogens is 332 g/mol. The summed E-state index contributed by atoms with van der Waals surface area (Å²) >= 11 is 3.55. The van der Waals surface area contributed by atoms with E-state index in [0.29, 0.717) is 6.04 Å². The Morgan fingerprint density at radius 1 is 1.43 bits per heavy atom. The summed E-state index contributed by atoms with van der Waals surface area (Å²) in [7, 11) is 1.68. The van der Waals surface area contributed by atoms with Gasteiger partial charge in [-0.25, -0.2) is 0 Å². The zero-order valence-corrected chi connectivity index (χ0v) is 13.9. The molecule has 1 fully saturated rings. The van der Waals surface area contributed by atoms with Crippen LogP contribution in [-0.4, -0.2) is 23.7 Å². The van der Waals surface area contributed by atoms with Crippen LogP contribution in [0.3, 0.4) is 0 Å². The van der Waals surface area contributed by atoms with Crippen LogP contribution in [0.5, 0.6) is 5.75 Å². The minimum Gasteiger partial charge on any atom is -0.496 e. The van der Waals surface area contributed by atoms with Gasteiger partial charge in [0.2, 0.25) is 0 Å². The second-order valence-electron chi connectivity index (χ2n) is 5.46. The number of methoxy groups -OCH3 is 1. The van der Waals surface area contributed by atoms with Crippen LogP contribution >= 0.6 is 15.9 Å². The molecule has 5 heteroatoms. The monoisotopic (exact) mass is 350 g/mol. The molecule has 0 N–H and O–H groups in total. The van der Waals surface area contributed by atoms with E-state index in [9.17, 15) is 0 Å². The summed E-state index contributed by atoms with van der Waals surface area (Å²) in [5.74, 6) is 1.74. The topological polar surface area (TPSA) is 38.5 Å². The first kappa shape index (κ1) is 14.6. The summed E-state index contributed by atoms with van der Waals surface area (Å²) in [6.07, 6.45) is 2.34. The highest BCUT2D eigenvalue weighted by Gasteiger charge is 2.28. The van der Waals surface area contributed by atoms with E-state index >= 15 is 0 Å². The van der Waals surface area contributed by atoms with Crippen LogP contribution < -0.4 is 4.74 Å². The third-order valence-corrected chi connectivity index (χ3v) is 4.57. The smallest absolute Gasteiger partial charge is 0.133 e. The first-order valence-corrected chi connectivity index (χ1v) is 7.96. The zero-order valence-electron chi connectivity index (χ0n) is 12.3. The number of benzene rings is 1. The zero-order chi connectivity index (χ0) is 14.8. The van der Waals surface area contributed by atoms with Crippen LogP contribution in [0.4, 0.5) is 0 Å². The molecular formula is C16H19BrN2O2. The van der Waals surface area contributed by atoms with Crippen molar-refractivity contribution in [3.05, 3.63) is 45.8 Å². The van der Waals surface area contributed by atoms with E-state index in [4.69, 9.17) is 9.26 Å². The average Bonchev–Trinajstić information content (AvgIpc) is 3.08. The predicted molar refractivity (Wildman–Crippen MR) is 84.3 cm³/mol. The molecule has 1 aliphatic heterocycles. The minimum atomic E-state index is 0.364. The highest BCUT2D eigenvalue weighted by atomic mass is 79.9. The standard InChI is InChI=1S/C16H19BrN2O2/c1-11-8-14(18-21-11)15-4-3-7-19(15)10-12-5-6-16(20-2)13(17)9-12/h5-6,8-9,15H,3-4,7,10H2,1-2H3/t15-/m0/s1. The van der Waals surface area contributed by atoms with Gasteiger partial charge in [0.25, 0.3) is 0 Å². The van der Waals surface area contributed by atoms with Crippen molar-refractivity contribution < 1.29 is 9.26 Å². The molecule has 0 amide bonds. The maximum Gasteiger partial charge on any atom is 0.133 e. The van der Waals surface area contributed by atoms with Gasteiger partial charge in [0.1, 0.15) is 17.2 Å². The Balaban J connectivity index is 1.75. The van der Waals surface area contributed by atoms with E-state index in [-0.39, 0.29) is 0 Å². The Bertz CT molecular complexity index is 626. The van der Waals surface area contributed by atoms with Gasteiger partial charge in [0, 0.05) is 12.6 Å². The van der Waals surface area contributed by atoms with Crippen LogP contribution in [0.1, 0.15) is 35.9 Å². The highest BCUT2D eigenvalue weighted by molar-refractivity contribution is 9.10. The maximum atomic E-state index is 5.28. The van der Waals surface area contributed by atoms with E-state index in [2.05, 4.69) is 38.1 Å². The van der Waals surface area contributed by atoms with Crippen LogP contribution in [0.2, 0.25) is 0 Å². The molecule has 2 aromatic rings. The number of rotatable bonds is 4. The van der Waals surface area contributed by atoms with Crippen LogP contribution in [0.25, 0.3) is 0 Å². The molecule has 0 radical (unpaired) electrons. The molecule has 4 nitrogen and oxygen atoms in total. The lowest BCUT2D eigenvalue weighted by Gasteiger charge is -2.22. The summed E-state index contributed by atoms with van der Waals surface area (Å²) in [5, 5.41) is 4.19. The Hall–Kier alpha value is -1.33. The molecule has 3 rings (SSSR count). The van der Waals surface area contributed by atoms with E-state index < -0.39 is 0 Å². The molecule has 0 unspecified atom stereocenters. The average molecular weight is 351 g/mol. The second kappa shape index (κ2) is 6.20. The predicted octanol–water partition coefficient (Wildman–Crippen LogP) is 4.09. The highest BCUT2D eigenvalue weighted by Crippen LogP contribution is 2.34. The Morgan fingerprint density at radius 3 is 2.95 bits per heavy atom. The van der Waals surface area contributed by atoms with Gasteiger partial charge in [-0.1, -0.05) is 11.2 Å². The third-order valence-electron chi connectivity index (χ3n) is 3.95. The van der Waals surface area contributed by atoms with Gasteiger partial charge >= 0.3 is 0 Å². The molecule has 1 aromatic carbocycles. The lowest BCUT2D eigenvalue weighted by Crippen LogP contribution is -2.23. The SMILES string of the molecule is COc1ccc(CN2CCC[C@H]2c2cc(C)on2)cc1Br. The van der Waals surface area contributed by atoms with E-state index in [1.807, 2.05) is 19.1 Å². The summed E-state index contributed by atoms with van der Waals surface area (Å²) < 4.78 is 11.5. The quantitative estimate of drug-likeness (QED) is 0.832. The van der Waals surface area contributed by atoms with Gasteiger partial charge in [0.15, 0.2) is 0 Å². The number of ether oxygens (including phenoxy) is 1. The fraction of sp³-hybridized carbons (Fsp3) is 0.438. The van der Waals surface area contributed by atoms with Crippen molar-refractivity contribution in [2.45, 2.75) is 32.4 Å². The molecule has 1 aromatic heterocycles. The van der Waals surface area contributed by atoms with Crippen LogP contribution in [0, 0.1) is 6.92 Å². The first-order valence-electron chi connectivity index (χ1n) is 7.17. The van der Waals surface area contributed by atoms with Crippen LogP contribution in [0.15, 0.2) is 33.3 Å². The summed E-state index contributed by atoms with van der Waals surface area (Å²) in [5.41, 5.74) is 2.33. The number of aromatic nitrogens is 1. The normalized spacial score (nSPS) is 19.1. The Kier molecular flexibility index (Phi) is 4.31. The Morgan fingerprint density at radius 2 is 2.29 bits per heavy atom. The van der Waals surface area contributed by atoms with Crippen molar-refractivity contribution in [2.24, 2.45) is 0 Å². The van der Waals surface area contributed by atoms with E-state index in [1.54, 1.807) is 7.11 Å². The minimum absolute atomic E-state index is 0.364. The summed E-state index contributed by atoms with van der Waals surface area (Å²) in [4.78, 5) is 2.46. The van der Waals surface area contributed by atoms with E-state index in [1.165, 1.54) is 12.0 Å². The maximum absolute atomic E-state index is 5.28. The van der Waals surface area contributed by atoms with Crippen molar-refractivity contribution in [1.29, 1.82) is 0 Å². The van der Waals surface area contributed by atoms with Gasteiger partial charge in [0.05, 0.1) is 17.6 Å². The van der Waals surface area contributed by atoms with Crippen LogP contribution in [-0.2, 0) is 6.54 Å². The van der Waals surface area contributed by atoms with Crippen molar-refractivity contribution in [1.82, 2.24) is 10.1 Å². The number of hydrogen-bond donors (Lipinski definition) is 0. The molecule has 1 atom stereocenters. The molecule has 112 valence electrons. The number of nitrogens with zero attached hydrogens (tertiary/aromatic N) is 2. The number of halogens is 1. The van der Waals surface area contributed by atoms with Gasteiger partial charge < -0.3 is 9.26 Å². The molecule has 0 spiro atoms. The van der Waals surface area contributed by atoms with Gasteiger partial charge in [-0.15, -0.1) is 0 Å². The van der Waals surface area contributed by atoms with Gasteiger partial charge in [-0.05, 0) is 59.9 Å². The van der Waals surface area contributed by atoms with Gasteiger partial charge in [-0.2, -0.15) is 0 Å². The number of hydrogen-bond acceptors (Lipinski definition) is 4. The van der Waals surface area contributed by atoms with Crippen molar-refractivity contribution in [3.8, 4) is 5.75 Å². The molecule has 1 saturated heterocycles. The number of aryl methyl sites for hydroxylation is 1. The fourth-order valence-corrected chi connectivity index (χ4v) is 3.52. The largest absolute Gasteiger partial charge is 0.496 e. The molecule has 1 aliphatic rings. The summed E-state index contributed by atoms with van der Waals surface area (Å²) in [6, 6.07) is 8.66. The third kappa shape index (κ3) is 3.14. The molecule has 0 bridgehead atoms. The Labute approximate surface area is 133 Å². The molecule has 21 heavy (non-hydrogen) atoms. The molecule has 2 heterocycles. The van der Waals surface area contributed by atoms with Gasteiger partial charge in [-0.3, -0.25) is 4.90 Å². The molecule has 0 aliphatic carbocycles. The van der Waals surface area contributed by atoms with Crippen molar-refractivity contribution in [2.75, 3.05) is 13.7 Å².